The van der Waals surface area contributed by atoms with Crippen LogP contribution in [0.15, 0.2) is 12.1 Å². The lowest BCUT2D eigenvalue weighted by Gasteiger charge is -2.41. The second-order valence-electron chi connectivity index (χ2n) is 5.53. The lowest BCUT2D eigenvalue weighted by molar-refractivity contribution is 0.0965. The first-order chi connectivity index (χ1) is 9.56. The van der Waals surface area contributed by atoms with Crippen LogP contribution in [0.1, 0.15) is 25.7 Å². The number of aromatic nitrogens is 2. The van der Waals surface area contributed by atoms with E-state index in [1.54, 1.807) is 11.0 Å². The number of hydrogen-bond donors (Lipinski definition) is 1. The molecule has 2 aliphatic rings. The first-order valence-corrected chi connectivity index (χ1v) is 7.17. The van der Waals surface area contributed by atoms with Gasteiger partial charge < -0.3 is 14.9 Å². The molecule has 1 aromatic rings. The summed E-state index contributed by atoms with van der Waals surface area (Å²) < 4.78 is 0. The summed E-state index contributed by atoms with van der Waals surface area (Å²) in [5, 5.41) is 17.6. The first-order valence-electron chi connectivity index (χ1n) is 6.79. The highest BCUT2D eigenvalue weighted by Gasteiger charge is 2.44. The standard InChI is InChI=1S/C13H17ClN4O2/c1-17(12-5-4-11(14)15-16-12)10-6-8-2-3-9(7-10)18(8)13(19)20/h4-5,8-10H,2-3,6-7H2,1H3,(H,19,20)/t8-,9?,10?/m0/s1. The average molecular weight is 297 g/mol. The molecule has 0 aliphatic carbocycles. The maximum Gasteiger partial charge on any atom is 0.407 e. The fourth-order valence-corrected chi connectivity index (χ4v) is 3.56. The monoisotopic (exact) mass is 296 g/mol. The van der Waals surface area contributed by atoms with Crippen LogP contribution in [0.25, 0.3) is 0 Å². The van der Waals surface area contributed by atoms with E-state index in [1.165, 1.54) is 0 Å². The Morgan fingerprint density at radius 2 is 2.00 bits per heavy atom. The van der Waals surface area contributed by atoms with Crippen molar-refractivity contribution in [2.45, 2.75) is 43.8 Å². The van der Waals surface area contributed by atoms with Crippen molar-refractivity contribution in [3.05, 3.63) is 17.3 Å². The normalized spacial score (nSPS) is 28.5. The van der Waals surface area contributed by atoms with Gasteiger partial charge >= 0.3 is 6.09 Å². The third kappa shape index (κ3) is 2.28. The number of carboxylic acid groups (broad SMARTS) is 1. The molecule has 1 N–H and O–H groups in total. The molecule has 0 aromatic carbocycles. The molecule has 2 saturated heterocycles. The number of fused-ring (bicyclic) bond motifs is 2. The molecule has 6 nitrogen and oxygen atoms in total. The topological polar surface area (TPSA) is 69.6 Å². The molecule has 0 spiro atoms. The molecule has 2 aliphatic heterocycles. The van der Waals surface area contributed by atoms with E-state index in [0.717, 1.165) is 31.5 Å². The van der Waals surface area contributed by atoms with E-state index in [9.17, 15) is 9.90 Å². The van der Waals surface area contributed by atoms with E-state index in [2.05, 4.69) is 15.1 Å². The Balaban J connectivity index is 1.74. The summed E-state index contributed by atoms with van der Waals surface area (Å²) in [7, 11) is 1.98. The Labute approximate surface area is 122 Å². The Morgan fingerprint density at radius 1 is 1.35 bits per heavy atom. The van der Waals surface area contributed by atoms with Crippen molar-refractivity contribution in [1.82, 2.24) is 15.1 Å². The molecule has 3 atom stereocenters. The van der Waals surface area contributed by atoms with Crippen LogP contribution in [0.2, 0.25) is 5.15 Å². The predicted molar refractivity (Wildman–Crippen MR) is 75.1 cm³/mol. The molecule has 2 unspecified atom stereocenters. The summed E-state index contributed by atoms with van der Waals surface area (Å²) in [5.41, 5.74) is 0. The molecule has 2 bridgehead atoms. The van der Waals surface area contributed by atoms with Gasteiger partial charge in [0.2, 0.25) is 0 Å². The van der Waals surface area contributed by atoms with Gasteiger partial charge in [-0.1, -0.05) is 11.6 Å². The van der Waals surface area contributed by atoms with Gasteiger partial charge in [-0.3, -0.25) is 0 Å². The summed E-state index contributed by atoms with van der Waals surface area (Å²) in [6.07, 6.45) is 2.85. The van der Waals surface area contributed by atoms with Crippen molar-refractivity contribution < 1.29 is 9.90 Å². The zero-order valence-corrected chi connectivity index (χ0v) is 12.0. The zero-order chi connectivity index (χ0) is 14.3. The molecule has 3 heterocycles. The van der Waals surface area contributed by atoms with Crippen LogP contribution in [-0.2, 0) is 0 Å². The van der Waals surface area contributed by atoms with Crippen LogP contribution in [0.5, 0.6) is 0 Å². The third-order valence-electron chi connectivity index (χ3n) is 4.46. The maximum absolute atomic E-state index is 11.3. The molecule has 0 radical (unpaired) electrons. The van der Waals surface area contributed by atoms with Gasteiger partial charge in [0.25, 0.3) is 0 Å². The predicted octanol–water partition coefficient (Wildman–Crippen LogP) is 2.24. The number of hydrogen-bond acceptors (Lipinski definition) is 4. The van der Waals surface area contributed by atoms with Crippen LogP contribution in [0, 0.1) is 0 Å². The zero-order valence-electron chi connectivity index (χ0n) is 11.2. The first kappa shape index (κ1) is 13.4. The van der Waals surface area contributed by atoms with E-state index in [1.807, 2.05) is 13.1 Å². The largest absolute Gasteiger partial charge is 0.465 e. The van der Waals surface area contributed by atoms with E-state index < -0.39 is 6.09 Å². The van der Waals surface area contributed by atoms with Crippen LogP contribution in [0.4, 0.5) is 10.6 Å². The second kappa shape index (κ2) is 5.09. The minimum atomic E-state index is -0.787. The molecule has 7 heteroatoms. The van der Waals surface area contributed by atoms with Gasteiger partial charge in [0, 0.05) is 25.2 Å². The molecule has 1 aromatic heterocycles. The molecular weight excluding hydrogens is 280 g/mol. The van der Waals surface area contributed by atoms with Crippen molar-refractivity contribution >= 4 is 23.5 Å². The Kier molecular flexibility index (Phi) is 3.41. The highest BCUT2D eigenvalue weighted by atomic mass is 35.5. The molecule has 20 heavy (non-hydrogen) atoms. The van der Waals surface area contributed by atoms with E-state index in [-0.39, 0.29) is 12.1 Å². The van der Waals surface area contributed by atoms with Crippen LogP contribution >= 0.6 is 11.6 Å². The molecule has 2 fully saturated rings. The summed E-state index contributed by atoms with van der Waals surface area (Å²) in [5.74, 6) is 0.780. The van der Waals surface area contributed by atoms with Crippen LogP contribution in [-0.4, -0.2) is 51.5 Å². The number of halogens is 1. The van der Waals surface area contributed by atoms with Gasteiger partial charge in [0.05, 0.1) is 0 Å². The van der Waals surface area contributed by atoms with Gasteiger partial charge in [-0.25, -0.2) is 4.79 Å². The van der Waals surface area contributed by atoms with Crippen molar-refractivity contribution in [3.63, 3.8) is 0 Å². The van der Waals surface area contributed by atoms with E-state index in [0.29, 0.717) is 11.2 Å². The van der Waals surface area contributed by atoms with Gasteiger partial charge in [0.1, 0.15) is 0 Å². The quantitative estimate of drug-likeness (QED) is 0.906. The average Bonchev–Trinajstić information content (AvgIpc) is 2.70. The number of carbonyl (C=O) groups is 1. The van der Waals surface area contributed by atoms with Gasteiger partial charge in [-0.05, 0) is 37.8 Å². The lowest BCUT2D eigenvalue weighted by Crippen LogP contribution is -2.51. The van der Waals surface area contributed by atoms with Crippen molar-refractivity contribution in [2.75, 3.05) is 11.9 Å². The smallest absolute Gasteiger partial charge is 0.407 e. The maximum atomic E-state index is 11.3. The Hall–Kier alpha value is -1.56. The highest BCUT2D eigenvalue weighted by molar-refractivity contribution is 6.29. The second-order valence-corrected chi connectivity index (χ2v) is 5.91. The van der Waals surface area contributed by atoms with Crippen molar-refractivity contribution in [1.29, 1.82) is 0 Å². The minimum Gasteiger partial charge on any atom is -0.465 e. The fourth-order valence-electron chi connectivity index (χ4n) is 3.46. The molecule has 0 saturated carbocycles. The molecule has 1 amide bonds. The van der Waals surface area contributed by atoms with Crippen molar-refractivity contribution in [2.24, 2.45) is 0 Å². The number of amides is 1. The summed E-state index contributed by atoms with van der Waals surface area (Å²) in [6.45, 7) is 0. The number of nitrogens with zero attached hydrogens (tertiary/aromatic N) is 4. The number of rotatable bonds is 2. The molecule has 3 rings (SSSR count). The van der Waals surface area contributed by atoms with Gasteiger partial charge in [0.15, 0.2) is 11.0 Å². The van der Waals surface area contributed by atoms with Crippen molar-refractivity contribution in [3.8, 4) is 0 Å². The SMILES string of the molecule is CN(c1ccc(Cl)nn1)C1CC2CC[C@@H](C1)N2C(=O)O. The minimum absolute atomic E-state index is 0.138. The number of piperidine rings is 1. The molecule has 108 valence electrons. The Morgan fingerprint density at radius 3 is 2.50 bits per heavy atom. The van der Waals surface area contributed by atoms with Crippen LogP contribution in [0.3, 0.4) is 0 Å². The number of anilines is 1. The highest BCUT2D eigenvalue weighted by Crippen LogP contribution is 2.38. The Bertz CT molecular complexity index is 496. The summed E-state index contributed by atoms with van der Waals surface area (Å²) in [4.78, 5) is 15.0. The van der Waals surface area contributed by atoms with Gasteiger partial charge in [-0.2, -0.15) is 0 Å². The third-order valence-corrected chi connectivity index (χ3v) is 4.66. The summed E-state index contributed by atoms with van der Waals surface area (Å²) in [6, 6.07) is 4.15. The fraction of sp³-hybridized carbons (Fsp3) is 0.615. The van der Waals surface area contributed by atoms with Gasteiger partial charge in [-0.15, -0.1) is 10.2 Å². The lowest BCUT2D eigenvalue weighted by atomic mass is 9.96. The molecular formula is C13H17ClN4O2. The van der Waals surface area contributed by atoms with E-state index in [4.69, 9.17) is 11.6 Å². The van der Waals surface area contributed by atoms with Crippen LogP contribution < -0.4 is 4.90 Å². The summed E-state index contributed by atoms with van der Waals surface area (Å²) >= 11 is 5.75. The van der Waals surface area contributed by atoms with E-state index >= 15 is 0 Å².